The zero-order valence-electron chi connectivity index (χ0n) is 14.2. The maximum Gasteiger partial charge on any atom is 0.219 e. The molecule has 0 N–H and O–H groups in total. The topological polar surface area (TPSA) is 46.6 Å². The van der Waals surface area contributed by atoms with E-state index in [1.54, 1.807) is 31.4 Å². The van der Waals surface area contributed by atoms with Gasteiger partial charge in [0.2, 0.25) is 5.12 Å². The molecule has 130 valence electrons. The first kappa shape index (κ1) is 17.7. The van der Waals surface area contributed by atoms with E-state index in [-0.39, 0.29) is 16.1 Å². The van der Waals surface area contributed by atoms with Crippen molar-refractivity contribution < 1.29 is 14.3 Å². The van der Waals surface area contributed by atoms with Crippen LogP contribution < -0.4 is 4.74 Å². The number of ketones is 1. The molecule has 1 aliphatic heterocycles. The van der Waals surface area contributed by atoms with Gasteiger partial charge in [0, 0.05) is 22.9 Å². The van der Waals surface area contributed by atoms with Crippen molar-refractivity contribution in [1.82, 2.24) is 4.90 Å². The van der Waals surface area contributed by atoms with Crippen LogP contribution in [0.25, 0.3) is 0 Å². The van der Waals surface area contributed by atoms with Crippen LogP contribution in [-0.2, 0) is 0 Å². The Labute approximate surface area is 152 Å². The Balaban J connectivity index is 1.50. The predicted octanol–water partition coefficient (Wildman–Crippen LogP) is 3.53. The Bertz CT molecular complexity index is 730. The third-order valence-corrected chi connectivity index (χ3v) is 5.46. The lowest BCUT2D eigenvalue weighted by atomic mass is 10.1. The Morgan fingerprint density at radius 3 is 2.48 bits per heavy atom. The molecule has 0 bridgehead atoms. The number of carbonyl (C=O) groups excluding carboxylic acids is 2. The monoisotopic (exact) mass is 355 g/mol. The normalized spacial score (nSPS) is 17.4. The van der Waals surface area contributed by atoms with Crippen LogP contribution in [0, 0.1) is 0 Å². The first-order valence-corrected chi connectivity index (χ1v) is 9.19. The molecule has 1 fully saturated rings. The number of hydrogen-bond acceptors (Lipinski definition) is 5. The van der Waals surface area contributed by atoms with E-state index in [0.29, 0.717) is 12.1 Å². The highest BCUT2D eigenvalue weighted by Gasteiger charge is 2.27. The summed E-state index contributed by atoms with van der Waals surface area (Å²) >= 11 is 1.38. The van der Waals surface area contributed by atoms with Gasteiger partial charge in [-0.1, -0.05) is 42.1 Å². The number of nitrogens with zero attached hydrogens (tertiary/aromatic N) is 1. The van der Waals surface area contributed by atoms with Crippen molar-refractivity contribution in [3.63, 3.8) is 0 Å². The number of thioether (sulfide) groups is 1. The fourth-order valence-corrected chi connectivity index (χ4v) is 3.99. The van der Waals surface area contributed by atoms with Crippen molar-refractivity contribution in [1.29, 1.82) is 0 Å². The smallest absolute Gasteiger partial charge is 0.219 e. The van der Waals surface area contributed by atoms with Gasteiger partial charge in [0.05, 0.1) is 13.7 Å². The minimum Gasteiger partial charge on any atom is -0.497 e. The van der Waals surface area contributed by atoms with Crippen LogP contribution in [-0.4, -0.2) is 47.8 Å². The number of rotatable bonds is 6. The summed E-state index contributed by atoms with van der Waals surface area (Å²) in [6, 6.07) is 16.5. The molecule has 25 heavy (non-hydrogen) atoms. The van der Waals surface area contributed by atoms with Gasteiger partial charge in [-0.05, 0) is 37.2 Å². The summed E-state index contributed by atoms with van der Waals surface area (Å²) in [7, 11) is 1.61. The summed E-state index contributed by atoms with van der Waals surface area (Å²) in [5, 5.41) is 0.352. The molecular weight excluding hydrogens is 334 g/mol. The molecule has 0 aliphatic carbocycles. The summed E-state index contributed by atoms with van der Waals surface area (Å²) in [6.45, 7) is 2.01. The molecule has 2 aromatic rings. The summed E-state index contributed by atoms with van der Waals surface area (Å²) in [6.07, 6.45) is 0.930. The van der Waals surface area contributed by atoms with Gasteiger partial charge < -0.3 is 4.74 Å². The highest BCUT2D eigenvalue weighted by atomic mass is 32.2. The highest BCUT2D eigenvalue weighted by Crippen LogP contribution is 2.26. The predicted molar refractivity (Wildman–Crippen MR) is 101 cm³/mol. The van der Waals surface area contributed by atoms with Gasteiger partial charge in [-0.15, -0.1) is 0 Å². The van der Waals surface area contributed by atoms with Gasteiger partial charge in [-0.2, -0.15) is 0 Å². The summed E-state index contributed by atoms with van der Waals surface area (Å²) < 4.78 is 5.11. The number of hydrogen-bond donors (Lipinski definition) is 0. The lowest BCUT2D eigenvalue weighted by Gasteiger charge is -2.15. The molecule has 3 rings (SSSR count). The Morgan fingerprint density at radius 1 is 1.08 bits per heavy atom. The summed E-state index contributed by atoms with van der Waals surface area (Å²) in [4.78, 5) is 26.8. The van der Waals surface area contributed by atoms with E-state index < -0.39 is 0 Å². The van der Waals surface area contributed by atoms with Crippen LogP contribution >= 0.6 is 11.8 Å². The summed E-state index contributed by atoms with van der Waals surface area (Å²) in [5.41, 5.74) is 1.43. The molecule has 1 saturated heterocycles. The number of Topliss-reactive ketones (excluding diaryl/α,β-unsaturated/α-hetero) is 1. The van der Waals surface area contributed by atoms with E-state index in [9.17, 15) is 9.59 Å². The highest BCUT2D eigenvalue weighted by molar-refractivity contribution is 8.14. The van der Waals surface area contributed by atoms with Gasteiger partial charge >= 0.3 is 0 Å². The first-order chi connectivity index (χ1) is 12.2. The first-order valence-electron chi connectivity index (χ1n) is 8.31. The molecule has 0 unspecified atom stereocenters. The van der Waals surface area contributed by atoms with E-state index in [1.165, 1.54) is 11.8 Å². The van der Waals surface area contributed by atoms with Crippen LogP contribution in [0.1, 0.15) is 27.1 Å². The molecule has 1 heterocycles. The Hall–Kier alpha value is -2.11. The number of benzene rings is 2. The standard InChI is InChI=1S/C20H21NO3S/c1-24-17-9-7-15(8-10-17)19(22)14-21-12-11-18(13-21)25-20(23)16-5-3-2-4-6-16/h2-10,18H,11-14H2,1H3/t18-/m0/s1. The summed E-state index contributed by atoms with van der Waals surface area (Å²) in [5.74, 6) is 0.844. The van der Waals surface area contributed by atoms with Crippen molar-refractivity contribution >= 4 is 22.7 Å². The molecule has 0 aromatic heterocycles. The molecule has 2 aromatic carbocycles. The molecule has 1 atom stereocenters. The van der Waals surface area contributed by atoms with Crippen LogP contribution in [0.4, 0.5) is 0 Å². The zero-order valence-corrected chi connectivity index (χ0v) is 15.0. The fourth-order valence-electron chi connectivity index (χ4n) is 2.90. The van der Waals surface area contributed by atoms with Crippen LogP contribution in [0.5, 0.6) is 5.75 Å². The minimum atomic E-state index is 0.0997. The van der Waals surface area contributed by atoms with Gasteiger partial charge in [0.1, 0.15) is 5.75 Å². The SMILES string of the molecule is COc1ccc(C(=O)CN2CC[C@H](SC(=O)c3ccccc3)C2)cc1. The lowest BCUT2D eigenvalue weighted by molar-refractivity contribution is 0.0945. The maximum absolute atomic E-state index is 12.4. The number of carbonyl (C=O) groups is 2. The molecule has 0 saturated carbocycles. The van der Waals surface area contributed by atoms with Crippen LogP contribution in [0.3, 0.4) is 0 Å². The van der Waals surface area contributed by atoms with Crippen molar-refractivity contribution in [2.75, 3.05) is 26.7 Å². The minimum absolute atomic E-state index is 0.0997. The second kappa shape index (κ2) is 8.32. The molecule has 0 spiro atoms. The second-order valence-electron chi connectivity index (χ2n) is 6.07. The van der Waals surface area contributed by atoms with Crippen LogP contribution in [0.2, 0.25) is 0 Å². The van der Waals surface area contributed by atoms with Gasteiger partial charge in [-0.3, -0.25) is 14.5 Å². The average Bonchev–Trinajstić information content (AvgIpc) is 3.09. The number of ether oxygens (including phenoxy) is 1. The second-order valence-corrected chi connectivity index (χ2v) is 7.34. The lowest BCUT2D eigenvalue weighted by Crippen LogP contribution is -2.28. The fraction of sp³-hybridized carbons (Fsp3) is 0.300. The molecule has 0 amide bonds. The maximum atomic E-state index is 12.4. The molecule has 0 radical (unpaired) electrons. The van der Waals surface area contributed by atoms with Crippen molar-refractivity contribution in [3.8, 4) is 5.75 Å². The third kappa shape index (κ3) is 4.71. The number of likely N-dealkylation sites (tertiary alicyclic amines) is 1. The van der Waals surface area contributed by atoms with E-state index >= 15 is 0 Å². The number of methoxy groups -OCH3 is 1. The average molecular weight is 355 g/mol. The van der Waals surface area contributed by atoms with Crippen molar-refractivity contribution in [2.45, 2.75) is 11.7 Å². The van der Waals surface area contributed by atoms with Crippen molar-refractivity contribution in [2.24, 2.45) is 0 Å². The quantitative estimate of drug-likeness (QED) is 0.742. The molecule has 1 aliphatic rings. The van der Waals surface area contributed by atoms with E-state index in [1.807, 2.05) is 30.3 Å². The van der Waals surface area contributed by atoms with E-state index in [2.05, 4.69) is 4.90 Å². The van der Waals surface area contributed by atoms with Crippen molar-refractivity contribution in [3.05, 3.63) is 65.7 Å². The Kier molecular flexibility index (Phi) is 5.89. The van der Waals surface area contributed by atoms with Gasteiger partial charge in [0.15, 0.2) is 5.78 Å². The van der Waals surface area contributed by atoms with Gasteiger partial charge in [-0.25, -0.2) is 0 Å². The third-order valence-electron chi connectivity index (χ3n) is 4.29. The molecular formula is C20H21NO3S. The zero-order chi connectivity index (χ0) is 17.6. The largest absolute Gasteiger partial charge is 0.497 e. The van der Waals surface area contributed by atoms with Crippen LogP contribution in [0.15, 0.2) is 54.6 Å². The van der Waals surface area contributed by atoms with E-state index in [4.69, 9.17) is 4.74 Å². The molecule has 4 nitrogen and oxygen atoms in total. The molecule has 5 heteroatoms. The van der Waals surface area contributed by atoms with E-state index in [0.717, 1.165) is 30.8 Å². The Morgan fingerprint density at radius 2 is 1.80 bits per heavy atom. The van der Waals surface area contributed by atoms with Gasteiger partial charge in [0.25, 0.3) is 0 Å².